The molecule has 1 aromatic heterocycles. The van der Waals surface area contributed by atoms with E-state index in [0.717, 1.165) is 17.0 Å². The predicted molar refractivity (Wildman–Crippen MR) is 65.1 cm³/mol. The third-order valence-electron chi connectivity index (χ3n) is 1.85. The number of rotatable bonds is 2. The van der Waals surface area contributed by atoms with Gasteiger partial charge >= 0.3 is 6.09 Å². The fourth-order valence-electron chi connectivity index (χ4n) is 1.18. The topological polar surface area (TPSA) is 51.2 Å². The molecule has 0 aliphatic rings. The van der Waals surface area contributed by atoms with Crippen molar-refractivity contribution in [3.05, 3.63) is 10.6 Å². The average Bonchev–Trinajstić information content (AvgIpc) is 2.42. The Balaban J connectivity index is 2.63. The van der Waals surface area contributed by atoms with E-state index < -0.39 is 6.09 Å². The molecule has 1 aromatic rings. The predicted octanol–water partition coefficient (Wildman–Crippen LogP) is 2.90. The Morgan fingerprint density at radius 3 is 2.56 bits per heavy atom. The molecule has 1 N–H and O–H groups in total. The van der Waals surface area contributed by atoms with Crippen LogP contribution in [-0.2, 0) is 6.42 Å². The summed E-state index contributed by atoms with van der Waals surface area (Å²) in [5.41, 5.74) is 0.641. The highest BCUT2D eigenvalue weighted by Gasteiger charge is 2.17. The summed E-state index contributed by atoms with van der Waals surface area (Å²) in [5, 5.41) is 3.13. The van der Waals surface area contributed by atoms with Crippen LogP contribution >= 0.6 is 11.3 Å². The van der Waals surface area contributed by atoms with Crippen molar-refractivity contribution < 1.29 is 9.53 Å². The minimum atomic E-state index is -0.455. The molecule has 4 nitrogen and oxygen atoms in total. The maximum absolute atomic E-state index is 11.5. The van der Waals surface area contributed by atoms with E-state index in [1.807, 2.05) is 27.7 Å². The Morgan fingerprint density at radius 2 is 2.12 bits per heavy atom. The van der Waals surface area contributed by atoms with Gasteiger partial charge in [0.2, 0.25) is 0 Å². The van der Waals surface area contributed by atoms with Crippen LogP contribution in [0.2, 0.25) is 0 Å². The van der Waals surface area contributed by atoms with Gasteiger partial charge in [0.15, 0.2) is 0 Å². The zero-order valence-corrected chi connectivity index (χ0v) is 11.2. The summed E-state index contributed by atoms with van der Waals surface area (Å²) in [6.45, 7) is 9.68. The van der Waals surface area contributed by atoms with Crippen LogP contribution < -0.4 is 10.1 Å². The number of amides is 1. The number of nitrogens with one attached hydrogen (secondary N) is 1. The van der Waals surface area contributed by atoms with Crippen LogP contribution in [0, 0.1) is 6.92 Å². The van der Waals surface area contributed by atoms with Gasteiger partial charge < -0.3 is 10.1 Å². The molecule has 0 aromatic carbocycles. The van der Waals surface area contributed by atoms with E-state index in [2.05, 4.69) is 17.2 Å². The number of thiazole rings is 1. The van der Waals surface area contributed by atoms with E-state index in [4.69, 9.17) is 4.74 Å². The standard InChI is InChI=1S/C11H18N2O2S/c1-6-8-7(2)12-10(16-8)15-9(14)13-11(3,4)5/h6H2,1-5H3,(H,13,14). The normalized spacial score (nSPS) is 11.3. The molecule has 0 aliphatic heterocycles. The zero-order valence-electron chi connectivity index (χ0n) is 10.4. The van der Waals surface area contributed by atoms with Crippen molar-refractivity contribution in [2.75, 3.05) is 0 Å². The lowest BCUT2D eigenvalue weighted by Crippen LogP contribution is -2.42. The SMILES string of the molecule is CCc1sc(OC(=O)NC(C)(C)C)nc1C. The molecular formula is C11H18N2O2S. The summed E-state index contributed by atoms with van der Waals surface area (Å²) < 4.78 is 5.11. The monoisotopic (exact) mass is 242 g/mol. The fourth-order valence-corrected chi connectivity index (χ4v) is 2.03. The summed E-state index contributed by atoms with van der Waals surface area (Å²) in [6.07, 6.45) is 0.456. The maximum Gasteiger partial charge on any atom is 0.414 e. The van der Waals surface area contributed by atoms with Crippen LogP contribution in [0.25, 0.3) is 0 Å². The first-order valence-corrected chi connectivity index (χ1v) is 6.09. The summed E-state index contributed by atoms with van der Waals surface area (Å²) >= 11 is 1.42. The van der Waals surface area contributed by atoms with Gasteiger partial charge in [-0.25, -0.2) is 9.78 Å². The van der Waals surface area contributed by atoms with Gasteiger partial charge in [0, 0.05) is 10.4 Å². The molecule has 0 fully saturated rings. The van der Waals surface area contributed by atoms with E-state index in [1.54, 1.807) is 0 Å². The van der Waals surface area contributed by atoms with Gasteiger partial charge in [-0.2, -0.15) is 0 Å². The van der Waals surface area contributed by atoms with Crippen molar-refractivity contribution in [2.45, 2.75) is 46.6 Å². The van der Waals surface area contributed by atoms with Gasteiger partial charge in [-0.1, -0.05) is 18.3 Å². The van der Waals surface area contributed by atoms with Gasteiger partial charge in [-0.05, 0) is 34.1 Å². The molecule has 0 unspecified atom stereocenters. The van der Waals surface area contributed by atoms with Crippen LogP contribution in [-0.4, -0.2) is 16.6 Å². The average molecular weight is 242 g/mol. The first-order valence-electron chi connectivity index (χ1n) is 5.28. The van der Waals surface area contributed by atoms with Crippen molar-refractivity contribution in [3.8, 4) is 5.19 Å². The van der Waals surface area contributed by atoms with Gasteiger partial charge in [-0.15, -0.1) is 0 Å². The van der Waals surface area contributed by atoms with E-state index in [9.17, 15) is 4.79 Å². The molecule has 0 saturated carbocycles. The van der Waals surface area contributed by atoms with Crippen LogP contribution in [0.5, 0.6) is 5.19 Å². The van der Waals surface area contributed by atoms with E-state index in [1.165, 1.54) is 11.3 Å². The molecule has 16 heavy (non-hydrogen) atoms. The zero-order chi connectivity index (χ0) is 12.3. The summed E-state index contributed by atoms with van der Waals surface area (Å²) in [5.74, 6) is 0. The lowest BCUT2D eigenvalue weighted by Gasteiger charge is -2.18. The second kappa shape index (κ2) is 4.82. The molecule has 0 bridgehead atoms. The molecule has 90 valence electrons. The quantitative estimate of drug-likeness (QED) is 0.867. The maximum atomic E-state index is 11.5. The number of hydrogen-bond acceptors (Lipinski definition) is 4. The Labute approximate surface area is 100 Å². The number of aryl methyl sites for hydroxylation is 2. The molecule has 0 radical (unpaired) electrons. The summed E-state index contributed by atoms with van der Waals surface area (Å²) in [7, 11) is 0. The lowest BCUT2D eigenvalue weighted by atomic mass is 10.1. The number of aromatic nitrogens is 1. The fraction of sp³-hybridized carbons (Fsp3) is 0.636. The first kappa shape index (κ1) is 13.0. The minimum absolute atomic E-state index is 0.295. The van der Waals surface area contributed by atoms with Crippen LogP contribution in [0.3, 0.4) is 0 Å². The third kappa shape index (κ3) is 3.81. The van der Waals surface area contributed by atoms with E-state index in [-0.39, 0.29) is 5.54 Å². The number of hydrogen-bond donors (Lipinski definition) is 1. The Kier molecular flexibility index (Phi) is 3.91. The lowest BCUT2D eigenvalue weighted by molar-refractivity contribution is 0.190. The van der Waals surface area contributed by atoms with Gasteiger partial charge in [0.25, 0.3) is 5.19 Å². The minimum Gasteiger partial charge on any atom is -0.381 e. The second-order valence-electron chi connectivity index (χ2n) is 4.61. The number of carbonyl (C=O) groups excluding carboxylic acids is 1. The van der Waals surface area contributed by atoms with E-state index in [0.29, 0.717) is 5.19 Å². The van der Waals surface area contributed by atoms with Gasteiger partial charge in [0.1, 0.15) is 0 Å². The van der Waals surface area contributed by atoms with Crippen molar-refractivity contribution >= 4 is 17.4 Å². The van der Waals surface area contributed by atoms with Gasteiger partial charge in [-0.3, -0.25) is 0 Å². The molecule has 0 spiro atoms. The highest BCUT2D eigenvalue weighted by molar-refractivity contribution is 7.13. The van der Waals surface area contributed by atoms with Crippen molar-refractivity contribution in [3.63, 3.8) is 0 Å². The third-order valence-corrected chi connectivity index (χ3v) is 3.03. The van der Waals surface area contributed by atoms with Crippen LogP contribution in [0.4, 0.5) is 4.79 Å². The van der Waals surface area contributed by atoms with Crippen molar-refractivity contribution in [1.82, 2.24) is 10.3 Å². The number of ether oxygens (including phenoxy) is 1. The summed E-state index contributed by atoms with van der Waals surface area (Å²) in [4.78, 5) is 16.8. The summed E-state index contributed by atoms with van der Waals surface area (Å²) in [6, 6.07) is 0. The Bertz CT molecular complexity index is 380. The highest BCUT2D eigenvalue weighted by Crippen LogP contribution is 2.25. The molecular weight excluding hydrogens is 224 g/mol. The molecule has 1 rings (SSSR count). The molecule has 0 aliphatic carbocycles. The smallest absolute Gasteiger partial charge is 0.381 e. The molecule has 0 atom stereocenters. The van der Waals surface area contributed by atoms with Crippen molar-refractivity contribution in [2.24, 2.45) is 0 Å². The van der Waals surface area contributed by atoms with E-state index >= 15 is 0 Å². The largest absolute Gasteiger partial charge is 0.414 e. The highest BCUT2D eigenvalue weighted by atomic mass is 32.1. The Morgan fingerprint density at radius 1 is 1.50 bits per heavy atom. The Hall–Kier alpha value is -1.10. The second-order valence-corrected chi connectivity index (χ2v) is 5.65. The molecule has 5 heteroatoms. The van der Waals surface area contributed by atoms with Crippen LogP contribution in [0.1, 0.15) is 38.3 Å². The van der Waals surface area contributed by atoms with Gasteiger partial charge in [0.05, 0.1) is 5.69 Å². The number of nitrogens with zero attached hydrogens (tertiary/aromatic N) is 1. The number of carbonyl (C=O) groups is 1. The first-order chi connectivity index (χ1) is 7.31. The van der Waals surface area contributed by atoms with Crippen LogP contribution in [0.15, 0.2) is 0 Å². The van der Waals surface area contributed by atoms with Crippen molar-refractivity contribution in [1.29, 1.82) is 0 Å². The molecule has 1 amide bonds. The molecule has 1 heterocycles. The molecule has 0 saturated heterocycles.